The van der Waals surface area contributed by atoms with Crippen molar-refractivity contribution >= 4 is 11.9 Å². The van der Waals surface area contributed by atoms with Gasteiger partial charge in [0.05, 0.1) is 0 Å². The number of carbonyl (C=O) groups is 1. The molecule has 0 radical (unpaired) electrons. The number of nitrogens with zero attached hydrogens (tertiary/aromatic N) is 4. The van der Waals surface area contributed by atoms with Crippen LogP contribution in [-0.2, 0) is 11.3 Å². The predicted molar refractivity (Wildman–Crippen MR) is 75.1 cm³/mol. The van der Waals surface area contributed by atoms with Crippen molar-refractivity contribution in [2.45, 2.75) is 24.9 Å². The quantitative estimate of drug-likeness (QED) is 0.784. The smallest absolute Gasteiger partial charge is 0.254 e. The van der Waals surface area contributed by atoms with Crippen LogP contribution in [0.1, 0.15) is 18.5 Å². The lowest BCUT2D eigenvalue weighted by Gasteiger charge is -2.35. The molecule has 1 amide bonds. The van der Waals surface area contributed by atoms with Crippen LogP contribution in [0.15, 0.2) is 17.3 Å². The summed E-state index contributed by atoms with van der Waals surface area (Å²) in [5.74, 6) is 0.722. The summed E-state index contributed by atoms with van der Waals surface area (Å²) in [6.07, 6.45) is 3.30. The number of hydrogen-bond acceptors (Lipinski definition) is 5. The second-order valence-corrected chi connectivity index (χ2v) is 5.67. The van der Waals surface area contributed by atoms with Crippen LogP contribution >= 0.6 is 0 Å². The van der Waals surface area contributed by atoms with Crippen molar-refractivity contribution < 1.29 is 4.79 Å². The van der Waals surface area contributed by atoms with Gasteiger partial charge in [-0.05, 0) is 18.9 Å². The van der Waals surface area contributed by atoms with Gasteiger partial charge in [-0.15, -0.1) is 0 Å². The third kappa shape index (κ3) is 2.29. The van der Waals surface area contributed by atoms with Crippen LogP contribution in [-0.4, -0.2) is 64.6 Å². The molecule has 3 heterocycles. The first-order valence-electron chi connectivity index (χ1n) is 6.88. The van der Waals surface area contributed by atoms with E-state index < -0.39 is 5.54 Å². The molecule has 20 heavy (non-hydrogen) atoms. The van der Waals surface area contributed by atoms with Gasteiger partial charge in [0.25, 0.3) is 5.91 Å². The summed E-state index contributed by atoms with van der Waals surface area (Å²) in [7, 11) is 3.79. The van der Waals surface area contributed by atoms with Crippen molar-refractivity contribution in [2.75, 3.05) is 27.2 Å². The molecule has 0 aliphatic carbocycles. The van der Waals surface area contributed by atoms with Crippen LogP contribution in [0.25, 0.3) is 0 Å². The van der Waals surface area contributed by atoms with Gasteiger partial charge in [-0.2, -0.15) is 5.10 Å². The minimum Gasteiger partial charge on any atom is -0.349 e. The van der Waals surface area contributed by atoms with E-state index in [0.29, 0.717) is 5.96 Å². The molecule has 7 heteroatoms. The fourth-order valence-corrected chi connectivity index (χ4v) is 2.74. The number of amides is 1. The summed E-state index contributed by atoms with van der Waals surface area (Å²) in [6, 6.07) is 1.98. The highest BCUT2D eigenvalue weighted by molar-refractivity contribution is 6.07. The molecule has 1 fully saturated rings. The van der Waals surface area contributed by atoms with Crippen molar-refractivity contribution in [3.63, 3.8) is 0 Å². The maximum atomic E-state index is 12.2. The van der Waals surface area contributed by atoms with Gasteiger partial charge in [-0.1, -0.05) is 0 Å². The Morgan fingerprint density at radius 1 is 1.40 bits per heavy atom. The van der Waals surface area contributed by atoms with E-state index in [1.165, 1.54) is 0 Å². The first kappa shape index (κ1) is 13.1. The third-order valence-corrected chi connectivity index (χ3v) is 4.03. The summed E-state index contributed by atoms with van der Waals surface area (Å²) in [5.41, 5.74) is 0.554. The summed E-state index contributed by atoms with van der Waals surface area (Å²) < 4.78 is 0. The standard InChI is InChI=1S/C13H20N6O/c1-18(2)12-15-11(20)13(16-12)4-7-19(8-5-13)9-10-3-6-14-17-10/h3,6H,4-5,7-9H2,1-2H3,(H,14,17)(H,15,16,20). The van der Waals surface area contributed by atoms with E-state index in [0.717, 1.165) is 38.2 Å². The maximum Gasteiger partial charge on any atom is 0.254 e. The average Bonchev–Trinajstić information content (AvgIpc) is 3.02. The Balaban J connectivity index is 1.64. The number of carbonyl (C=O) groups excluding carboxylic acids is 1. The molecule has 1 spiro atoms. The molecule has 0 bridgehead atoms. The molecule has 1 aromatic heterocycles. The Bertz CT molecular complexity index is 513. The van der Waals surface area contributed by atoms with E-state index in [1.807, 2.05) is 25.1 Å². The number of aliphatic imine (C=N–C) groups is 1. The van der Waals surface area contributed by atoms with E-state index in [-0.39, 0.29) is 5.91 Å². The molecular weight excluding hydrogens is 256 g/mol. The second kappa shape index (κ2) is 4.90. The van der Waals surface area contributed by atoms with Crippen LogP contribution < -0.4 is 5.32 Å². The van der Waals surface area contributed by atoms with Crippen LogP contribution in [0.5, 0.6) is 0 Å². The van der Waals surface area contributed by atoms with Crippen molar-refractivity contribution in [2.24, 2.45) is 4.99 Å². The molecular formula is C13H20N6O. The van der Waals surface area contributed by atoms with Crippen LogP contribution in [0.4, 0.5) is 0 Å². The van der Waals surface area contributed by atoms with Gasteiger partial charge in [0.1, 0.15) is 5.54 Å². The van der Waals surface area contributed by atoms with Crippen LogP contribution in [0.2, 0.25) is 0 Å². The number of H-pyrrole nitrogens is 1. The van der Waals surface area contributed by atoms with Gasteiger partial charge in [0.2, 0.25) is 5.96 Å². The summed E-state index contributed by atoms with van der Waals surface area (Å²) in [6.45, 7) is 2.59. The third-order valence-electron chi connectivity index (χ3n) is 4.03. The number of aromatic nitrogens is 2. The lowest BCUT2D eigenvalue weighted by Crippen LogP contribution is -2.49. The molecule has 2 N–H and O–H groups in total. The van der Waals surface area contributed by atoms with Crippen molar-refractivity contribution in [3.05, 3.63) is 18.0 Å². The van der Waals surface area contributed by atoms with E-state index in [4.69, 9.17) is 0 Å². The highest BCUT2D eigenvalue weighted by Gasteiger charge is 2.46. The van der Waals surface area contributed by atoms with E-state index in [9.17, 15) is 4.79 Å². The zero-order valence-electron chi connectivity index (χ0n) is 11.9. The second-order valence-electron chi connectivity index (χ2n) is 5.67. The van der Waals surface area contributed by atoms with Gasteiger partial charge in [-0.25, -0.2) is 4.99 Å². The summed E-state index contributed by atoms with van der Waals surface area (Å²) in [4.78, 5) is 21.0. The SMILES string of the molecule is CN(C)C1=NC2(CCN(Cc3ccn[nH]3)CC2)C(=O)N1. The number of likely N-dealkylation sites (tertiary alicyclic amines) is 1. The van der Waals surface area contributed by atoms with E-state index in [1.54, 1.807) is 6.20 Å². The minimum atomic E-state index is -0.551. The largest absolute Gasteiger partial charge is 0.349 e. The van der Waals surface area contributed by atoms with Gasteiger partial charge in [0, 0.05) is 45.6 Å². The Morgan fingerprint density at radius 3 is 2.70 bits per heavy atom. The Morgan fingerprint density at radius 2 is 2.15 bits per heavy atom. The number of nitrogens with one attached hydrogen (secondary N) is 2. The number of hydrogen-bond donors (Lipinski definition) is 2. The minimum absolute atomic E-state index is 0.0439. The Hall–Kier alpha value is -1.89. The zero-order valence-corrected chi connectivity index (χ0v) is 11.9. The number of piperidine rings is 1. The maximum absolute atomic E-state index is 12.2. The molecule has 108 valence electrons. The lowest BCUT2D eigenvalue weighted by atomic mass is 9.88. The van der Waals surface area contributed by atoms with Gasteiger partial charge >= 0.3 is 0 Å². The number of rotatable bonds is 2. The first-order valence-corrected chi connectivity index (χ1v) is 6.88. The molecule has 0 saturated carbocycles. The number of aromatic amines is 1. The molecule has 7 nitrogen and oxygen atoms in total. The molecule has 0 unspecified atom stereocenters. The monoisotopic (exact) mass is 276 g/mol. The molecule has 0 aromatic carbocycles. The number of guanidine groups is 1. The van der Waals surface area contributed by atoms with Crippen molar-refractivity contribution in [3.8, 4) is 0 Å². The normalized spacial score (nSPS) is 21.9. The lowest BCUT2D eigenvalue weighted by molar-refractivity contribution is -0.125. The Kier molecular flexibility index (Phi) is 3.21. The molecule has 2 aliphatic heterocycles. The van der Waals surface area contributed by atoms with Crippen molar-refractivity contribution in [1.29, 1.82) is 0 Å². The molecule has 0 atom stereocenters. The topological polar surface area (TPSA) is 76.6 Å². The first-order chi connectivity index (χ1) is 9.59. The highest BCUT2D eigenvalue weighted by atomic mass is 16.2. The fourth-order valence-electron chi connectivity index (χ4n) is 2.74. The molecule has 1 saturated heterocycles. The van der Waals surface area contributed by atoms with E-state index in [2.05, 4.69) is 25.4 Å². The molecule has 2 aliphatic rings. The molecule has 3 rings (SSSR count). The van der Waals surface area contributed by atoms with Gasteiger partial charge in [0.15, 0.2) is 0 Å². The van der Waals surface area contributed by atoms with Crippen LogP contribution in [0, 0.1) is 0 Å². The van der Waals surface area contributed by atoms with Crippen LogP contribution in [0.3, 0.4) is 0 Å². The fraction of sp³-hybridized carbons (Fsp3) is 0.615. The van der Waals surface area contributed by atoms with Gasteiger partial charge < -0.3 is 4.90 Å². The van der Waals surface area contributed by atoms with Gasteiger partial charge in [-0.3, -0.25) is 20.1 Å². The summed E-state index contributed by atoms with van der Waals surface area (Å²) in [5, 5.41) is 9.80. The molecule has 1 aromatic rings. The zero-order chi connectivity index (χ0) is 14.2. The predicted octanol–water partition coefficient (Wildman–Crippen LogP) is -0.208. The average molecular weight is 276 g/mol. The summed E-state index contributed by atoms with van der Waals surface area (Å²) >= 11 is 0. The van der Waals surface area contributed by atoms with Crippen molar-refractivity contribution in [1.82, 2.24) is 25.3 Å². The van der Waals surface area contributed by atoms with E-state index >= 15 is 0 Å². The Labute approximate surface area is 118 Å². The highest BCUT2D eigenvalue weighted by Crippen LogP contribution is 2.30.